The van der Waals surface area contributed by atoms with E-state index in [1.54, 1.807) is 48.5 Å². The van der Waals surface area contributed by atoms with E-state index < -0.39 is 48.5 Å². The van der Waals surface area contributed by atoms with Crippen LogP contribution in [0.25, 0.3) is 0 Å². The summed E-state index contributed by atoms with van der Waals surface area (Å²) >= 11 is 0. The van der Waals surface area contributed by atoms with Crippen molar-refractivity contribution in [2.45, 2.75) is 75.8 Å². The Morgan fingerprint density at radius 2 is 0.908 bits per heavy atom. The maximum Gasteiger partial charge on any atom is 0.341 e. The molecule has 8 rings (SSSR count). The van der Waals surface area contributed by atoms with Crippen molar-refractivity contribution < 1.29 is 54.7 Å². The zero-order chi connectivity index (χ0) is 62.7. The van der Waals surface area contributed by atoms with E-state index in [-0.39, 0.29) is 99.0 Å². The molecule has 24 heteroatoms. The summed E-state index contributed by atoms with van der Waals surface area (Å²) in [5.41, 5.74) is -1.92. The highest BCUT2D eigenvalue weighted by molar-refractivity contribution is 7.87. The van der Waals surface area contributed by atoms with Crippen molar-refractivity contribution in [3.8, 4) is 46.9 Å². The molecule has 0 amide bonds. The van der Waals surface area contributed by atoms with E-state index in [4.69, 9.17) is 27.7 Å². The molecule has 0 saturated heterocycles. The van der Waals surface area contributed by atoms with Crippen LogP contribution in [0.3, 0.4) is 0 Å². The van der Waals surface area contributed by atoms with E-state index in [1.165, 1.54) is 86.6 Å². The van der Waals surface area contributed by atoms with Crippen LogP contribution in [0.5, 0.6) is 34.8 Å². The number of hydrogen-bond acceptors (Lipinski definition) is 20. The fraction of sp³-hybridized carbons (Fsp3) is 0.238. The zero-order valence-electron chi connectivity index (χ0n) is 48.1. The maximum atomic E-state index is 13.8. The number of hydrogen-bond donors (Lipinski definition) is 3. The van der Waals surface area contributed by atoms with Gasteiger partial charge < -0.3 is 37.9 Å². The zero-order valence-corrected chi connectivity index (χ0v) is 49.7. The first kappa shape index (κ1) is 64.6. The predicted octanol–water partition coefficient (Wildman–Crippen LogP) is 11.8. The third kappa shape index (κ3) is 16.3. The number of aromatic hydroxyl groups is 3. The molecule has 0 atom stereocenters. The highest BCUT2D eigenvalue weighted by atomic mass is 32.2. The second-order valence-electron chi connectivity index (χ2n) is 19.6. The van der Waals surface area contributed by atoms with E-state index in [2.05, 4.69) is 20.5 Å². The van der Waals surface area contributed by atoms with Gasteiger partial charge in [0, 0.05) is 49.5 Å². The van der Waals surface area contributed by atoms with Crippen molar-refractivity contribution in [2.24, 2.45) is 20.5 Å². The molecule has 87 heavy (non-hydrogen) atoms. The summed E-state index contributed by atoms with van der Waals surface area (Å²) in [6, 6.07) is 45.5. The third-order valence-electron chi connectivity index (χ3n) is 13.4. The van der Waals surface area contributed by atoms with Gasteiger partial charge in [-0.1, -0.05) is 98.8 Å². The van der Waals surface area contributed by atoms with Crippen LogP contribution in [0.4, 0.5) is 22.7 Å². The molecule has 6 aromatic carbocycles. The van der Waals surface area contributed by atoms with Crippen LogP contribution < -0.4 is 24.2 Å². The van der Waals surface area contributed by atoms with Gasteiger partial charge in [0.05, 0.1) is 6.61 Å². The highest BCUT2D eigenvalue weighted by Gasteiger charge is 2.28. The van der Waals surface area contributed by atoms with Gasteiger partial charge in [0.2, 0.25) is 11.8 Å². The number of para-hydroxylation sites is 2. The van der Waals surface area contributed by atoms with Gasteiger partial charge in [-0.2, -0.15) is 27.4 Å². The fourth-order valence-electron chi connectivity index (χ4n) is 8.66. The molecule has 8 aromatic rings. The largest absolute Gasteiger partial charge is 0.508 e. The third-order valence-corrected chi connectivity index (χ3v) is 16.0. The first-order chi connectivity index (χ1) is 41.7. The normalized spacial score (nSPS) is 11.6. The summed E-state index contributed by atoms with van der Waals surface area (Å²) < 4.78 is 84.8. The molecule has 450 valence electrons. The van der Waals surface area contributed by atoms with E-state index >= 15 is 0 Å². The molecule has 22 nitrogen and oxygen atoms in total. The second-order valence-corrected chi connectivity index (χ2v) is 22.6. The Balaban J connectivity index is 0.00000144. The minimum Gasteiger partial charge on any atom is -0.508 e. The lowest BCUT2D eigenvalue weighted by molar-refractivity contribution is 0.0958. The summed E-state index contributed by atoms with van der Waals surface area (Å²) in [5, 5.41) is 66.3. The number of rotatable bonds is 25. The SMILES string of the molecule is CCOCCCn1c(O)c(C#N)c(C)c(N=Nc2ccccc2S(=O)(=O)Oc2ccc(C(C)(C)c3ccc(OS(=O)(=O)c4ccccc4N=Nc4c(C)c(C#N)c(O)n(CCCOCCOc5ccccc5)c4=O)cc3)cc2)c1=O.Oc1ccccc1. The number of benzene rings is 6. The Hall–Kier alpha value is -9.98. The molecule has 0 spiro atoms. The lowest BCUT2D eigenvalue weighted by Crippen LogP contribution is -2.22. The number of aromatic nitrogens is 2. The van der Waals surface area contributed by atoms with Gasteiger partial charge >= 0.3 is 20.2 Å². The van der Waals surface area contributed by atoms with Crippen molar-refractivity contribution >= 4 is 43.0 Å². The number of phenolic OH excluding ortho intramolecular Hbond substituents is 1. The first-order valence-corrected chi connectivity index (χ1v) is 30.0. The molecule has 3 N–H and O–H groups in total. The monoisotopic (exact) mass is 1220 g/mol. The second kappa shape index (κ2) is 29.7. The Kier molecular flexibility index (Phi) is 22.0. The number of azo groups is 2. The predicted molar refractivity (Wildman–Crippen MR) is 322 cm³/mol. The van der Waals surface area contributed by atoms with Crippen LogP contribution >= 0.6 is 0 Å². The van der Waals surface area contributed by atoms with Crippen molar-refractivity contribution in [3.63, 3.8) is 0 Å². The van der Waals surface area contributed by atoms with Gasteiger partial charge in [-0.05, 0) is 118 Å². The van der Waals surface area contributed by atoms with E-state index in [9.17, 15) is 47.2 Å². The standard InChI is InChI=1S/C57H56N8O13S2.C6H6O/c1-6-74-32-14-30-64-53(66)45(36-58)38(2)51(55(64)68)62-60-47-18-10-12-20-49(47)79(70,71)77-43-26-22-40(23-27-43)57(4,5)41-24-28-44(29-25-41)78-80(72,73)50-21-13-11-19-48(50)61-63-52-39(3)46(37-59)54(67)65(56(52)69)31-15-33-75-34-35-76-42-16-8-7-9-17-42;7-6-4-2-1-3-5-6/h7-13,16-29,66-67H,6,14-15,30-35H2,1-5H3;1-5,7H. The molecule has 0 radical (unpaired) electrons. The molecule has 2 heterocycles. The molecule has 0 unspecified atom stereocenters. The van der Waals surface area contributed by atoms with E-state index in [1.807, 2.05) is 69.3 Å². The fourth-order valence-corrected chi connectivity index (χ4v) is 10.8. The number of nitriles is 2. The molecular weight excluding hydrogens is 1160 g/mol. The van der Waals surface area contributed by atoms with Crippen LogP contribution in [0, 0.1) is 36.5 Å². The molecule has 2 aromatic heterocycles. The summed E-state index contributed by atoms with van der Waals surface area (Å²) in [6.07, 6.45) is 0.642. The summed E-state index contributed by atoms with van der Waals surface area (Å²) in [7, 11) is -9.12. The smallest absolute Gasteiger partial charge is 0.341 e. The van der Waals surface area contributed by atoms with Gasteiger partial charge in [-0.15, -0.1) is 20.5 Å². The number of nitrogens with zero attached hydrogens (tertiary/aromatic N) is 8. The topological polar surface area (TPSA) is 316 Å². The average Bonchev–Trinajstić information content (AvgIpc) is 3.34. The Morgan fingerprint density at radius 1 is 0.506 bits per heavy atom. The van der Waals surface area contributed by atoms with Gasteiger partial charge in [0.15, 0.2) is 11.4 Å². The molecule has 0 bridgehead atoms. The minimum absolute atomic E-state index is 0.0249. The highest BCUT2D eigenvalue weighted by Crippen LogP contribution is 2.37. The Labute approximate surface area is 503 Å². The lowest BCUT2D eigenvalue weighted by Gasteiger charge is -2.26. The van der Waals surface area contributed by atoms with Crippen molar-refractivity contribution in [2.75, 3.05) is 33.0 Å². The van der Waals surface area contributed by atoms with Crippen LogP contribution in [-0.2, 0) is 48.2 Å². The molecule has 0 fully saturated rings. The number of ether oxygens (including phenoxy) is 3. The quantitative estimate of drug-likeness (QED) is 0.0272. The van der Waals surface area contributed by atoms with Gasteiger partial charge in [-0.3, -0.25) is 18.7 Å². The van der Waals surface area contributed by atoms with Crippen LogP contribution in [0.1, 0.15) is 67.0 Å². The average molecular weight is 1220 g/mol. The molecule has 0 aliphatic heterocycles. The Morgan fingerprint density at radius 3 is 1.31 bits per heavy atom. The van der Waals surface area contributed by atoms with Crippen LogP contribution in [0.15, 0.2) is 198 Å². The van der Waals surface area contributed by atoms with Crippen molar-refractivity contribution in [3.05, 3.63) is 212 Å². The summed E-state index contributed by atoms with van der Waals surface area (Å²) in [5.74, 6) is -0.128. The summed E-state index contributed by atoms with van der Waals surface area (Å²) in [4.78, 5) is 26.4. The van der Waals surface area contributed by atoms with Gasteiger partial charge in [0.1, 0.15) is 74.0 Å². The van der Waals surface area contributed by atoms with Crippen LogP contribution in [0.2, 0.25) is 0 Å². The molecule has 0 aliphatic carbocycles. The number of phenols is 1. The van der Waals surface area contributed by atoms with Crippen LogP contribution in [-0.4, -0.2) is 74.3 Å². The van der Waals surface area contributed by atoms with E-state index in [0.717, 1.165) is 20.3 Å². The maximum absolute atomic E-state index is 13.8. The van der Waals surface area contributed by atoms with Gasteiger partial charge in [-0.25, -0.2) is 0 Å². The summed E-state index contributed by atoms with van der Waals surface area (Å²) in [6.45, 7) is 10.0. The molecular formula is C63H62N8O14S2. The Bertz CT molecular complexity index is 4200. The lowest BCUT2D eigenvalue weighted by atomic mass is 9.78. The molecule has 0 aliphatic rings. The minimum atomic E-state index is -4.57. The van der Waals surface area contributed by atoms with Crippen molar-refractivity contribution in [1.29, 1.82) is 10.5 Å². The van der Waals surface area contributed by atoms with Crippen molar-refractivity contribution in [1.82, 2.24) is 9.13 Å². The number of pyridine rings is 2. The first-order valence-electron chi connectivity index (χ1n) is 27.1. The van der Waals surface area contributed by atoms with E-state index in [0.29, 0.717) is 37.7 Å². The van der Waals surface area contributed by atoms with Gasteiger partial charge in [0.25, 0.3) is 11.1 Å². The molecule has 0 saturated carbocycles.